The topological polar surface area (TPSA) is 87.7 Å². The van der Waals surface area contributed by atoms with E-state index in [4.69, 9.17) is 9.84 Å². The Labute approximate surface area is 95.4 Å². The predicted octanol–water partition coefficient (Wildman–Crippen LogP) is -0.551. The van der Waals surface area contributed by atoms with E-state index in [1.165, 1.54) is 0 Å². The lowest BCUT2D eigenvalue weighted by atomic mass is 10.1. The van der Waals surface area contributed by atoms with Gasteiger partial charge in [0, 0.05) is 20.2 Å². The van der Waals surface area contributed by atoms with Crippen LogP contribution in [-0.2, 0) is 14.3 Å². The van der Waals surface area contributed by atoms with E-state index in [1.807, 2.05) is 0 Å². The Morgan fingerprint density at radius 3 is 2.62 bits per heavy atom. The fraction of sp³-hybridized carbons (Fsp3) is 0.800. The van der Waals surface area contributed by atoms with Crippen LogP contribution in [0.25, 0.3) is 0 Å². The summed E-state index contributed by atoms with van der Waals surface area (Å²) in [6.07, 6.45) is 0.444. The molecular weight excluding hydrogens is 212 g/mol. The van der Waals surface area contributed by atoms with Gasteiger partial charge in [0.25, 0.3) is 0 Å². The summed E-state index contributed by atoms with van der Waals surface area (Å²) in [6, 6.07) is 0. The highest BCUT2D eigenvalue weighted by Gasteiger charge is 2.10. The monoisotopic (exact) mass is 232 g/mol. The van der Waals surface area contributed by atoms with Crippen molar-refractivity contribution in [1.29, 1.82) is 0 Å². The molecule has 94 valence electrons. The van der Waals surface area contributed by atoms with Crippen molar-refractivity contribution in [3.63, 3.8) is 0 Å². The highest BCUT2D eigenvalue weighted by Crippen LogP contribution is 1.99. The number of hydrogen-bond acceptors (Lipinski definition) is 4. The Balaban J connectivity index is 3.40. The zero-order valence-electron chi connectivity index (χ0n) is 9.78. The molecule has 0 aliphatic rings. The number of ether oxygens (including phenoxy) is 1. The largest absolute Gasteiger partial charge is 0.481 e. The second-order valence-electron chi connectivity index (χ2n) is 3.55. The number of methoxy groups -OCH3 is 1. The zero-order chi connectivity index (χ0) is 12.4. The van der Waals surface area contributed by atoms with Gasteiger partial charge in [-0.2, -0.15) is 0 Å². The third-order valence-electron chi connectivity index (χ3n) is 2.09. The van der Waals surface area contributed by atoms with Gasteiger partial charge in [-0.25, -0.2) is 0 Å². The molecule has 6 heteroatoms. The van der Waals surface area contributed by atoms with Gasteiger partial charge in [-0.15, -0.1) is 0 Å². The first kappa shape index (κ1) is 14.9. The minimum Gasteiger partial charge on any atom is -0.481 e. The van der Waals surface area contributed by atoms with E-state index in [-0.39, 0.29) is 12.5 Å². The standard InChI is InChI=1S/C10H20N2O4/c1-8(10(14)15)3-4-12-9(13)7-11-5-6-16-2/h8,11H,3-7H2,1-2H3,(H,12,13)(H,14,15). The molecule has 16 heavy (non-hydrogen) atoms. The van der Waals surface area contributed by atoms with E-state index < -0.39 is 11.9 Å². The summed E-state index contributed by atoms with van der Waals surface area (Å²) in [6.45, 7) is 3.41. The lowest BCUT2D eigenvalue weighted by molar-refractivity contribution is -0.141. The van der Waals surface area contributed by atoms with Crippen molar-refractivity contribution in [3.8, 4) is 0 Å². The summed E-state index contributed by atoms with van der Waals surface area (Å²) in [5.74, 6) is -1.40. The summed E-state index contributed by atoms with van der Waals surface area (Å²) in [5, 5.41) is 14.1. The molecule has 1 unspecified atom stereocenters. The number of carboxylic acids is 1. The molecule has 0 saturated carbocycles. The van der Waals surface area contributed by atoms with Gasteiger partial charge < -0.3 is 20.5 Å². The summed E-state index contributed by atoms with van der Waals surface area (Å²) >= 11 is 0. The molecule has 0 spiro atoms. The minimum absolute atomic E-state index is 0.131. The molecule has 1 amide bonds. The summed E-state index contributed by atoms with van der Waals surface area (Å²) in [7, 11) is 1.59. The van der Waals surface area contributed by atoms with Gasteiger partial charge in [-0.05, 0) is 6.42 Å². The molecule has 3 N–H and O–H groups in total. The second kappa shape index (κ2) is 9.11. The first-order chi connectivity index (χ1) is 7.57. The molecule has 0 aliphatic carbocycles. The summed E-state index contributed by atoms with van der Waals surface area (Å²) in [5.41, 5.74) is 0. The molecule has 0 aromatic rings. The van der Waals surface area contributed by atoms with Crippen LogP contribution in [-0.4, -0.2) is 50.3 Å². The van der Waals surface area contributed by atoms with Crippen molar-refractivity contribution < 1.29 is 19.4 Å². The van der Waals surface area contributed by atoms with Crippen LogP contribution in [0.4, 0.5) is 0 Å². The Morgan fingerprint density at radius 1 is 1.38 bits per heavy atom. The normalized spacial score (nSPS) is 12.1. The van der Waals surface area contributed by atoms with Gasteiger partial charge in [0.15, 0.2) is 0 Å². The molecule has 6 nitrogen and oxygen atoms in total. The molecule has 0 rings (SSSR count). The van der Waals surface area contributed by atoms with Crippen LogP contribution < -0.4 is 10.6 Å². The third-order valence-corrected chi connectivity index (χ3v) is 2.09. The van der Waals surface area contributed by atoms with Gasteiger partial charge >= 0.3 is 5.97 Å². The highest BCUT2D eigenvalue weighted by atomic mass is 16.5. The SMILES string of the molecule is COCCNCC(=O)NCCC(C)C(=O)O. The van der Waals surface area contributed by atoms with Crippen molar-refractivity contribution in [2.45, 2.75) is 13.3 Å². The van der Waals surface area contributed by atoms with E-state index in [0.29, 0.717) is 26.1 Å². The average Bonchev–Trinajstić information content (AvgIpc) is 2.24. The van der Waals surface area contributed by atoms with Crippen LogP contribution in [0.5, 0.6) is 0 Å². The maximum absolute atomic E-state index is 11.2. The Bertz CT molecular complexity index is 221. The highest BCUT2D eigenvalue weighted by molar-refractivity contribution is 5.78. The lowest BCUT2D eigenvalue weighted by Gasteiger charge is -2.08. The molecule has 0 radical (unpaired) electrons. The molecule has 1 atom stereocenters. The molecule has 0 aliphatic heterocycles. The molecule has 0 fully saturated rings. The van der Waals surface area contributed by atoms with Crippen LogP contribution in [0.2, 0.25) is 0 Å². The Hall–Kier alpha value is -1.14. The number of carbonyl (C=O) groups is 2. The molecular formula is C10H20N2O4. The predicted molar refractivity (Wildman–Crippen MR) is 59.2 cm³/mol. The van der Waals surface area contributed by atoms with E-state index >= 15 is 0 Å². The van der Waals surface area contributed by atoms with E-state index in [1.54, 1.807) is 14.0 Å². The van der Waals surface area contributed by atoms with Crippen LogP contribution in [0.15, 0.2) is 0 Å². The number of carboxylic acid groups (broad SMARTS) is 1. The first-order valence-corrected chi connectivity index (χ1v) is 5.27. The van der Waals surface area contributed by atoms with E-state index in [2.05, 4.69) is 10.6 Å². The van der Waals surface area contributed by atoms with Gasteiger partial charge in [0.05, 0.1) is 19.1 Å². The van der Waals surface area contributed by atoms with Crippen molar-refractivity contribution >= 4 is 11.9 Å². The van der Waals surface area contributed by atoms with Crippen LogP contribution in [0.1, 0.15) is 13.3 Å². The molecule has 0 heterocycles. The fourth-order valence-corrected chi connectivity index (χ4v) is 0.990. The van der Waals surface area contributed by atoms with Crippen LogP contribution in [0, 0.1) is 5.92 Å². The van der Waals surface area contributed by atoms with E-state index in [9.17, 15) is 9.59 Å². The van der Waals surface area contributed by atoms with Gasteiger partial charge in [0.1, 0.15) is 0 Å². The van der Waals surface area contributed by atoms with Crippen molar-refractivity contribution in [1.82, 2.24) is 10.6 Å². The van der Waals surface area contributed by atoms with Crippen molar-refractivity contribution in [2.24, 2.45) is 5.92 Å². The number of amides is 1. The number of rotatable bonds is 9. The van der Waals surface area contributed by atoms with Crippen molar-refractivity contribution in [2.75, 3.05) is 33.4 Å². The van der Waals surface area contributed by atoms with Crippen molar-refractivity contribution in [3.05, 3.63) is 0 Å². The smallest absolute Gasteiger partial charge is 0.306 e. The minimum atomic E-state index is -0.840. The average molecular weight is 232 g/mol. The Kier molecular flexibility index (Phi) is 8.46. The maximum atomic E-state index is 11.2. The molecule has 0 aromatic heterocycles. The quantitative estimate of drug-likeness (QED) is 0.464. The number of carbonyl (C=O) groups excluding carboxylic acids is 1. The van der Waals surface area contributed by atoms with E-state index in [0.717, 1.165) is 0 Å². The van der Waals surface area contributed by atoms with Crippen LogP contribution >= 0.6 is 0 Å². The molecule has 0 saturated heterocycles. The van der Waals surface area contributed by atoms with Gasteiger partial charge in [0.2, 0.25) is 5.91 Å². The van der Waals surface area contributed by atoms with Gasteiger partial charge in [-0.1, -0.05) is 6.92 Å². The summed E-state index contributed by atoms with van der Waals surface area (Å²) in [4.78, 5) is 21.7. The number of nitrogens with one attached hydrogen (secondary N) is 2. The summed E-state index contributed by atoms with van der Waals surface area (Å²) < 4.78 is 4.80. The zero-order valence-corrected chi connectivity index (χ0v) is 9.78. The lowest BCUT2D eigenvalue weighted by Crippen LogP contribution is -2.36. The first-order valence-electron chi connectivity index (χ1n) is 5.27. The Morgan fingerprint density at radius 2 is 2.06 bits per heavy atom. The molecule has 0 bridgehead atoms. The number of hydrogen-bond donors (Lipinski definition) is 3. The van der Waals surface area contributed by atoms with Gasteiger partial charge in [-0.3, -0.25) is 9.59 Å². The van der Waals surface area contributed by atoms with Crippen LogP contribution in [0.3, 0.4) is 0 Å². The molecule has 0 aromatic carbocycles. The number of aliphatic carboxylic acids is 1. The maximum Gasteiger partial charge on any atom is 0.306 e. The fourth-order valence-electron chi connectivity index (χ4n) is 0.990. The third kappa shape index (κ3) is 8.19. The second-order valence-corrected chi connectivity index (χ2v) is 3.55.